The van der Waals surface area contributed by atoms with Crippen LogP contribution in [0.3, 0.4) is 0 Å². The van der Waals surface area contributed by atoms with Crippen LogP contribution in [0.15, 0.2) is 131 Å². The van der Waals surface area contributed by atoms with Gasteiger partial charge in [0.25, 0.3) is 21.6 Å². The Balaban J connectivity index is 0.920. The number of carbonyl (C=O) groups excluding carboxylic acids is 1. The first-order valence-corrected chi connectivity index (χ1v) is 26.0. The van der Waals surface area contributed by atoms with Gasteiger partial charge in [-0.1, -0.05) is 54.1 Å². The number of sulfonamides is 1. The molecule has 0 unspecified atom stereocenters. The van der Waals surface area contributed by atoms with Crippen LogP contribution in [-0.4, -0.2) is 104 Å². The largest absolute Gasteiger partial charge is 0.390 e. The summed E-state index contributed by atoms with van der Waals surface area (Å²) >= 11 is 7.91. The Morgan fingerprint density at radius 3 is 2.17 bits per heavy atom. The topological polar surface area (TPSA) is 165 Å². The number of piperazine rings is 1. The molecule has 362 valence electrons. The summed E-state index contributed by atoms with van der Waals surface area (Å²) in [5.41, 5.74) is 6.73. The van der Waals surface area contributed by atoms with Crippen molar-refractivity contribution in [3.63, 3.8) is 0 Å². The number of carbonyl (C=O) groups is 1. The first-order chi connectivity index (χ1) is 33.1. The van der Waals surface area contributed by atoms with Crippen LogP contribution in [0.1, 0.15) is 42.2 Å². The van der Waals surface area contributed by atoms with Gasteiger partial charge in [0, 0.05) is 116 Å². The van der Waals surface area contributed by atoms with Gasteiger partial charge in [0.05, 0.1) is 26.7 Å². The zero-order chi connectivity index (χ0) is 48.9. The van der Waals surface area contributed by atoms with Gasteiger partial charge in [-0.3, -0.25) is 19.6 Å². The second-order valence-corrected chi connectivity index (χ2v) is 21.2. The van der Waals surface area contributed by atoms with E-state index in [4.69, 9.17) is 11.6 Å². The molecule has 69 heavy (non-hydrogen) atoms. The molecule has 2 aliphatic heterocycles. The number of likely N-dealkylation sites (tertiary alicyclic amines) is 1. The van der Waals surface area contributed by atoms with Gasteiger partial charge in [0.15, 0.2) is 0 Å². The van der Waals surface area contributed by atoms with Crippen LogP contribution in [0.2, 0.25) is 5.02 Å². The van der Waals surface area contributed by atoms with Crippen LogP contribution < -0.4 is 25.2 Å². The van der Waals surface area contributed by atoms with Crippen molar-refractivity contribution in [1.29, 1.82) is 0 Å². The number of nitro groups is 1. The van der Waals surface area contributed by atoms with E-state index < -0.39 is 20.5 Å². The summed E-state index contributed by atoms with van der Waals surface area (Å²) in [4.78, 5) is 33.0. The molecule has 4 N–H and O–H groups in total. The van der Waals surface area contributed by atoms with Gasteiger partial charge in [0.1, 0.15) is 5.69 Å². The van der Waals surface area contributed by atoms with Crippen LogP contribution in [0.25, 0.3) is 22.4 Å². The van der Waals surface area contributed by atoms with E-state index in [0.29, 0.717) is 41.3 Å². The number of hydrogen-bond acceptors (Lipinski definition) is 11. The maximum atomic E-state index is 13.7. The van der Waals surface area contributed by atoms with Crippen molar-refractivity contribution >= 4 is 67.7 Å². The van der Waals surface area contributed by atoms with Gasteiger partial charge in [-0.15, -0.1) is 11.8 Å². The third-order valence-electron chi connectivity index (χ3n) is 13.3. The smallest absolute Gasteiger partial charge is 0.293 e. The molecule has 8 rings (SSSR count). The molecule has 6 aromatic rings. The number of nitro benzene ring substituents is 1. The summed E-state index contributed by atoms with van der Waals surface area (Å²) in [5, 5.41) is 29.8. The van der Waals surface area contributed by atoms with E-state index in [1.165, 1.54) is 12.1 Å². The Morgan fingerprint density at radius 2 is 1.52 bits per heavy atom. The quantitative estimate of drug-likeness (QED) is 0.0391. The van der Waals surface area contributed by atoms with Crippen molar-refractivity contribution in [1.82, 2.24) is 14.8 Å². The first kappa shape index (κ1) is 49.4. The molecule has 2 aliphatic rings. The molecule has 2 fully saturated rings. The number of thioether (sulfide) groups is 1. The standard InChI is InChI=1S/C52H59ClN8O6S2/c1-36-48(51(62)54-3)49(50(57(36)4)37-13-15-39(53)16-14-37)38-9-8-10-43(33-38)60-31-29-59(30-32-60)42-19-17-40(18-20-42)56-69(66,67)45-21-22-46(47(34-45)61(64)65)55-41(35-68-44-11-6-5-7-12-44)23-26-58-27-24-52(2,63)25-28-58/h5-22,33-34,41,55-56,63H,23-32,35H2,1-4H3,(H,54,62)/t41-/m0/s1. The molecule has 14 nitrogen and oxygen atoms in total. The van der Waals surface area contributed by atoms with Gasteiger partial charge >= 0.3 is 0 Å². The third-order valence-corrected chi connectivity index (χ3v) is 16.1. The van der Waals surface area contributed by atoms with Crippen LogP contribution >= 0.6 is 23.4 Å². The number of aromatic nitrogens is 1. The molecule has 2 saturated heterocycles. The molecule has 3 heterocycles. The molecular weight excluding hydrogens is 932 g/mol. The van der Waals surface area contributed by atoms with Crippen molar-refractivity contribution in [3.05, 3.63) is 148 Å². The van der Waals surface area contributed by atoms with Crippen LogP contribution in [0, 0.1) is 17.0 Å². The second kappa shape index (κ2) is 21.3. The number of benzene rings is 5. The molecule has 1 aromatic heterocycles. The molecule has 1 atom stereocenters. The first-order valence-electron chi connectivity index (χ1n) is 23.2. The van der Waals surface area contributed by atoms with Crippen LogP contribution in [-0.2, 0) is 17.1 Å². The number of piperidine rings is 1. The predicted molar refractivity (Wildman–Crippen MR) is 280 cm³/mol. The van der Waals surface area contributed by atoms with E-state index in [-0.39, 0.29) is 28.2 Å². The van der Waals surface area contributed by atoms with Crippen molar-refractivity contribution in [2.75, 3.05) is 78.5 Å². The molecule has 5 aromatic carbocycles. The highest BCUT2D eigenvalue weighted by molar-refractivity contribution is 7.99. The average Bonchev–Trinajstić information content (AvgIpc) is 3.62. The minimum Gasteiger partial charge on any atom is -0.390 e. The van der Waals surface area contributed by atoms with Crippen LogP contribution in [0.5, 0.6) is 0 Å². The summed E-state index contributed by atoms with van der Waals surface area (Å²) < 4.78 is 32.1. The van der Waals surface area contributed by atoms with Crippen molar-refractivity contribution in [2.24, 2.45) is 7.05 Å². The van der Waals surface area contributed by atoms with E-state index in [9.17, 15) is 28.4 Å². The molecule has 17 heteroatoms. The van der Waals surface area contributed by atoms with Gasteiger partial charge in [0.2, 0.25) is 0 Å². The Labute approximate surface area is 413 Å². The number of nitrogens with zero attached hydrogens (tertiary/aromatic N) is 5. The molecule has 0 radical (unpaired) electrons. The van der Waals surface area contributed by atoms with E-state index in [2.05, 4.69) is 46.8 Å². The van der Waals surface area contributed by atoms with Gasteiger partial charge < -0.3 is 35.0 Å². The number of rotatable bonds is 17. The molecule has 0 spiro atoms. The molecular formula is C52H59ClN8O6S2. The summed E-state index contributed by atoms with van der Waals surface area (Å²) in [6.45, 7) is 9.03. The fourth-order valence-corrected chi connectivity index (χ4v) is 11.3. The van der Waals surface area contributed by atoms with Gasteiger partial charge in [-0.25, -0.2) is 8.42 Å². The minimum absolute atomic E-state index is 0.155. The molecule has 0 bridgehead atoms. The lowest BCUT2D eigenvalue weighted by Crippen LogP contribution is -2.46. The predicted octanol–water partition coefficient (Wildman–Crippen LogP) is 9.53. The Morgan fingerprint density at radius 1 is 0.855 bits per heavy atom. The van der Waals surface area contributed by atoms with E-state index in [0.717, 1.165) is 96.2 Å². The Hall–Kier alpha value is -6.04. The zero-order valence-electron chi connectivity index (χ0n) is 39.3. The lowest BCUT2D eigenvalue weighted by Gasteiger charge is -2.37. The Bertz CT molecular complexity index is 2880. The van der Waals surface area contributed by atoms with Crippen LogP contribution in [0.4, 0.5) is 28.4 Å². The highest BCUT2D eigenvalue weighted by atomic mass is 35.5. The van der Waals surface area contributed by atoms with E-state index in [1.54, 1.807) is 30.9 Å². The average molecular weight is 992 g/mol. The highest BCUT2D eigenvalue weighted by Gasteiger charge is 2.30. The third kappa shape index (κ3) is 11.7. The Kier molecular flexibility index (Phi) is 15.2. The van der Waals surface area contributed by atoms with Gasteiger partial charge in [-0.2, -0.15) is 0 Å². The maximum Gasteiger partial charge on any atom is 0.293 e. The van der Waals surface area contributed by atoms with E-state index in [1.807, 2.05) is 99.8 Å². The van der Waals surface area contributed by atoms with Gasteiger partial charge in [-0.05, 0) is 117 Å². The number of halogens is 1. The molecule has 1 amide bonds. The fourth-order valence-electron chi connectivity index (χ4n) is 9.15. The monoisotopic (exact) mass is 990 g/mol. The minimum atomic E-state index is -4.19. The summed E-state index contributed by atoms with van der Waals surface area (Å²) in [5.74, 6) is 0.482. The zero-order valence-corrected chi connectivity index (χ0v) is 41.7. The number of hydrogen-bond donors (Lipinski definition) is 4. The molecule has 0 aliphatic carbocycles. The van der Waals surface area contributed by atoms with Crippen molar-refractivity contribution < 1.29 is 23.2 Å². The van der Waals surface area contributed by atoms with Crippen molar-refractivity contribution in [2.45, 2.75) is 54.5 Å². The summed E-state index contributed by atoms with van der Waals surface area (Å²) in [7, 11) is -0.570. The number of nitrogens with one attached hydrogen (secondary N) is 3. The lowest BCUT2D eigenvalue weighted by molar-refractivity contribution is -0.384. The van der Waals surface area contributed by atoms with E-state index >= 15 is 0 Å². The fraction of sp³-hybridized carbons (Fsp3) is 0.327. The molecule has 0 saturated carbocycles. The highest BCUT2D eigenvalue weighted by Crippen LogP contribution is 2.41. The maximum absolute atomic E-state index is 13.7. The lowest BCUT2D eigenvalue weighted by atomic mass is 9.94. The number of anilines is 4. The number of amides is 1. The van der Waals surface area contributed by atoms with Crippen molar-refractivity contribution in [3.8, 4) is 22.4 Å². The number of aliphatic hydroxyl groups is 1. The normalized spacial score (nSPS) is 15.7. The second-order valence-electron chi connectivity index (χ2n) is 18.0. The summed E-state index contributed by atoms with van der Waals surface area (Å²) in [6, 6.07) is 36.9. The SMILES string of the molecule is CNC(=O)c1c(-c2cccc(N3CCN(c4ccc(NS(=O)(=O)c5ccc(N[C@@H](CCN6CCC(C)(O)CC6)CSc6ccccc6)c([N+](=O)[O-])c5)cc4)CC3)c2)c(-c2ccc(Cl)cc2)n(C)c1C. The summed E-state index contributed by atoms with van der Waals surface area (Å²) in [6.07, 6.45) is 2.07.